The fourth-order valence-electron chi connectivity index (χ4n) is 2.67. The molecule has 3 rings (SSSR count). The van der Waals surface area contributed by atoms with Crippen molar-refractivity contribution >= 4 is 40.3 Å². The molecule has 21 heteroatoms. The lowest BCUT2D eigenvalue weighted by atomic mass is 10.1. The highest BCUT2D eigenvalue weighted by molar-refractivity contribution is 7.70. The highest BCUT2D eigenvalue weighted by Gasteiger charge is 2.46. The Hall–Kier alpha value is -1.36. The van der Waals surface area contributed by atoms with Gasteiger partial charge in [0.25, 0.3) is 0 Å². The number of hydrogen-bond acceptors (Lipinski definition) is 12. The Morgan fingerprint density at radius 3 is 2.45 bits per heavy atom. The van der Waals surface area contributed by atoms with Crippen LogP contribution in [0.1, 0.15) is 6.23 Å². The van der Waals surface area contributed by atoms with Gasteiger partial charge in [-0.1, -0.05) is 0 Å². The normalized spacial score (nSPS) is 28.5. The van der Waals surface area contributed by atoms with Gasteiger partial charge < -0.3 is 40.3 Å². The molecule has 0 saturated carbocycles. The van der Waals surface area contributed by atoms with Gasteiger partial charge in [-0.05, 0) is 0 Å². The molecule has 0 spiro atoms. The number of fused-ring (bicyclic) bond motifs is 1. The van der Waals surface area contributed by atoms with Gasteiger partial charge in [0.05, 0.1) is 12.9 Å². The van der Waals surface area contributed by atoms with Crippen LogP contribution in [0.2, 0.25) is 0 Å². The fourth-order valence-corrected chi connectivity index (χ4v) is 6.10. The van der Waals surface area contributed by atoms with Crippen LogP contribution in [0.15, 0.2) is 12.7 Å². The van der Waals surface area contributed by atoms with Crippen molar-refractivity contribution in [1.82, 2.24) is 24.4 Å². The third-order valence-electron chi connectivity index (χ3n) is 3.87. The maximum Gasteiger partial charge on any atom is 0.480 e. The molecule has 31 heavy (non-hydrogen) atoms. The molecule has 2 aromatic heterocycles. The molecule has 0 radical (unpaired) electrons. The van der Waals surface area contributed by atoms with E-state index in [1.165, 1.54) is 10.9 Å². The van der Waals surface area contributed by atoms with Crippen molar-refractivity contribution in [3.8, 4) is 0 Å². The van der Waals surface area contributed by atoms with Gasteiger partial charge in [0.15, 0.2) is 17.7 Å². The molecule has 18 nitrogen and oxygen atoms in total. The van der Waals surface area contributed by atoms with Crippen molar-refractivity contribution in [3.63, 3.8) is 0 Å². The van der Waals surface area contributed by atoms with Crippen molar-refractivity contribution in [1.29, 1.82) is 0 Å². The summed E-state index contributed by atoms with van der Waals surface area (Å²) in [6.45, 7) is -0.928. The van der Waals surface area contributed by atoms with Crippen LogP contribution in [0.25, 0.3) is 11.2 Å². The van der Waals surface area contributed by atoms with Crippen LogP contribution in [0.4, 0.5) is 5.82 Å². The highest BCUT2D eigenvalue weighted by Crippen LogP contribution is 2.61. The van der Waals surface area contributed by atoms with Crippen molar-refractivity contribution < 1.29 is 57.1 Å². The number of hydrogen-bond donors (Lipinski definition) is 8. The van der Waals surface area contributed by atoms with E-state index in [9.17, 15) is 33.7 Å². The number of nitrogens with one attached hydrogen (secondary N) is 1. The van der Waals surface area contributed by atoms with Crippen LogP contribution in [-0.2, 0) is 27.3 Å². The van der Waals surface area contributed by atoms with Gasteiger partial charge in [-0.15, -0.1) is 4.86 Å². The Balaban J connectivity index is 1.69. The van der Waals surface area contributed by atoms with Gasteiger partial charge in [0, 0.05) is 0 Å². The van der Waals surface area contributed by atoms with E-state index in [2.05, 4.69) is 23.8 Å². The van der Waals surface area contributed by atoms with Gasteiger partial charge in [0.1, 0.15) is 30.2 Å². The molecule has 0 amide bonds. The monoisotopic (exact) mass is 506 g/mol. The third-order valence-corrected chi connectivity index (χ3v) is 8.11. The van der Waals surface area contributed by atoms with E-state index in [0.29, 0.717) is 0 Å². The third kappa shape index (κ3) is 5.71. The van der Waals surface area contributed by atoms with E-state index in [1.54, 1.807) is 0 Å². The summed E-state index contributed by atoms with van der Waals surface area (Å²) in [4.78, 5) is 48.5. The predicted octanol–water partition coefficient (Wildman–Crippen LogP) is -2.06. The number of nitrogen functional groups attached to an aromatic ring is 1. The second kappa shape index (κ2) is 8.53. The van der Waals surface area contributed by atoms with Crippen LogP contribution in [0.3, 0.4) is 0 Å². The van der Waals surface area contributed by atoms with E-state index >= 15 is 0 Å². The first-order valence-electron chi connectivity index (χ1n) is 8.00. The quantitative estimate of drug-likeness (QED) is 0.179. The van der Waals surface area contributed by atoms with Crippen LogP contribution >= 0.6 is 23.3 Å². The number of anilines is 1. The van der Waals surface area contributed by atoms with Gasteiger partial charge in [-0.25, -0.2) is 28.6 Å². The number of phosphoric acid groups is 1. The summed E-state index contributed by atoms with van der Waals surface area (Å²) >= 11 is 0. The number of aliphatic hydroxyl groups is 2. The van der Waals surface area contributed by atoms with Crippen molar-refractivity contribution in [3.05, 3.63) is 12.7 Å². The highest BCUT2D eigenvalue weighted by atomic mass is 31.3. The molecule has 2 unspecified atom stereocenters. The SMILES string of the molecule is Nc1ncnc2c1ncn2[C@H]1O[C@@H](COP(=O)(O)OP(=O)(O)NP(=O)(O)O)[C@@H](O)[C@H]1O. The first-order chi connectivity index (χ1) is 14.2. The Kier molecular flexibility index (Phi) is 6.68. The van der Waals surface area contributed by atoms with E-state index in [-0.39, 0.29) is 17.0 Å². The number of aliphatic hydroxyl groups excluding tert-OH is 2. The van der Waals surface area contributed by atoms with E-state index in [0.717, 1.165) is 11.2 Å². The summed E-state index contributed by atoms with van der Waals surface area (Å²) in [5.74, 6) is 0.0485. The minimum absolute atomic E-state index is 0.0485. The zero-order valence-corrected chi connectivity index (χ0v) is 17.7. The largest absolute Gasteiger partial charge is 0.480 e. The molecule has 1 aliphatic rings. The molecule has 3 heterocycles. The lowest BCUT2D eigenvalue weighted by molar-refractivity contribution is -0.0502. The Labute approximate surface area is 172 Å². The Morgan fingerprint density at radius 1 is 1.13 bits per heavy atom. The summed E-state index contributed by atoms with van der Waals surface area (Å²) in [6.07, 6.45) is -3.62. The Bertz CT molecular complexity index is 1110. The van der Waals surface area contributed by atoms with E-state index < -0.39 is 54.5 Å². The van der Waals surface area contributed by atoms with Crippen LogP contribution in [-0.4, -0.2) is 74.2 Å². The number of aromatic nitrogens is 4. The standard InChI is InChI=1S/C10H17N6O12P3/c11-8-5-9(13-2-12-8)16(3-14-5)10-7(18)6(17)4(27-10)1-26-31(24,25)28-30(22,23)15-29(19,20)21/h2-4,6-7,10,17-18H,1H2,(H,24,25)(H2,11,12,13)(H4,15,19,20,21,22,23)/t4-,6+,7+,10-/m0/s1. The molecule has 1 saturated heterocycles. The van der Waals surface area contributed by atoms with Crippen LogP contribution in [0, 0.1) is 0 Å². The molecule has 0 aromatic carbocycles. The molecule has 9 N–H and O–H groups in total. The minimum atomic E-state index is -5.45. The first kappa shape index (κ1) is 24.3. The molecule has 174 valence electrons. The zero-order valence-electron chi connectivity index (χ0n) is 15.0. The maximum absolute atomic E-state index is 11.8. The molecule has 1 fully saturated rings. The summed E-state index contributed by atoms with van der Waals surface area (Å²) in [6, 6.07) is 0. The van der Waals surface area contributed by atoms with Gasteiger partial charge in [-0.3, -0.25) is 9.09 Å². The predicted molar refractivity (Wildman–Crippen MR) is 97.5 cm³/mol. The molecule has 6 atom stereocenters. The average molecular weight is 506 g/mol. The van der Waals surface area contributed by atoms with E-state index in [4.69, 9.17) is 20.3 Å². The average Bonchev–Trinajstić information content (AvgIpc) is 3.13. The van der Waals surface area contributed by atoms with Crippen molar-refractivity contribution in [2.24, 2.45) is 0 Å². The van der Waals surface area contributed by atoms with Crippen molar-refractivity contribution in [2.75, 3.05) is 12.3 Å². The summed E-state index contributed by atoms with van der Waals surface area (Å²) in [7, 11) is -16.1. The topological polar surface area (TPSA) is 282 Å². The minimum Gasteiger partial charge on any atom is -0.387 e. The number of ether oxygens (including phenoxy) is 1. The summed E-state index contributed by atoms with van der Waals surface area (Å²) < 4.78 is 48.9. The number of nitrogens with zero attached hydrogens (tertiary/aromatic N) is 4. The Morgan fingerprint density at radius 2 is 1.81 bits per heavy atom. The van der Waals surface area contributed by atoms with Crippen LogP contribution in [0.5, 0.6) is 0 Å². The lowest BCUT2D eigenvalue weighted by Gasteiger charge is -2.19. The van der Waals surface area contributed by atoms with Gasteiger partial charge in [-0.2, -0.15) is 4.31 Å². The summed E-state index contributed by atoms with van der Waals surface area (Å²) in [5.41, 5.74) is 6.02. The molecular formula is C10H17N6O12P3. The van der Waals surface area contributed by atoms with Gasteiger partial charge in [0.2, 0.25) is 0 Å². The zero-order chi connectivity index (χ0) is 23.2. The first-order valence-corrected chi connectivity index (χ1v) is 12.7. The second-order valence-electron chi connectivity index (χ2n) is 6.14. The number of nitrogens with two attached hydrogens (primary N) is 1. The number of phosphoric ester groups is 1. The second-order valence-corrected chi connectivity index (χ2v) is 10.9. The molecular weight excluding hydrogens is 489 g/mol. The molecule has 0 aliphatic carbocycles. The number of imidazole rings is 1. The molecule has 0 bridgehead atoms. The van der Waals surface area contributed by atoms with Crippen molar-refractivity contribution in [2.45, 2.75) is 24.5 Å². The van der Waals surface area contributed by atoms with Crippen LogP contribution < -0.4 is 10.6 Å². The smallest absolute Gasteiger partial charge is 0.387 e. The van der Waals surface area contributed by atoms with E-state index in [1.807, 2.05) is 0 Å². The molecule has 2 aromatic rings. The number of rotatable bonds is 8. The van der Waals surface area contributed by atoms with Gasteiger partial charge >= 0.3 is 23.3 Å². The fraction of sp³-hybridized carbons (Fsp3) is 0.500. The molecule has 1 aliphatic heterocycles. The maximum atomic E-state index is 11.8. The summed E-state index contributed by atoms with van der Waals surface area (Å²) in [5, 5.41) is 20.4. The lowest BCUT2D eigenvalue weighted by Crippen LogP contribution is -2.33.